The van der Waals surface area contributed by atoms with Crippen LogP contribution in [0.1, 0.15) is 40.1 Å². The first-order valence-corrected chi connectivity index (χ1v) is 9.35. The van der Waals surface area contributed by atoms with Gasteiger partial charge in [-0.1, -0.05) is 13.3 Å². The van der Waals surface area contributed by atoms with Gasteiger partial charge >= 0.3 is 0 Å². The molecular weight excluding hydrogens is 320 g/mol. The fourth-order valence-electron chi connectivity index (χ4n) is 3.83. The van der Waals surface area contributed by atoms with Crippen molar-refractivity contribution < 1.29 is 4.79 Å². The van der Waals surface area contributed by atoms with Crippen molar-refractivity contribution in [2.45, 2.75) is 40.2 Å². The number of likely N-dealkylation sites (N-methyl/N-ethyl adjacent to an activating group) is 1. The fraction of sp³-hybridized carbons (Fsp3) is 0.611. The number of amides is 1. The van der Waals surface area contributed by atoms with Crippen molar-refractivity contribution in [1.29, 1.82) is 0 Å². The van der Waals surface area contributed by atoms with Crippen molar-refractivity contribution in [3.63, 3.8) is 0 Å². The van der Waals surface area contributed by atoms with Crippen LogP contribution in [0.2, 0.25) is 0 Å². The molecule has 3 heterocycles. The zero-order valence-corrected chi connectivity index (χ0v) is 16.2. The molecule has 0 saturated carbocycles. The van der Waals surface area contributed by atoms with Crippen LogP contribution < -0.4 is 0 Å². The molecular formula is C18H26N4OS. The Hall–Kier alpha value is -1.53. The van der Waals surface area contributed by atoms with Gasteiger partial charge in [0.1, 0.15) is 10.7 Å². The first-order valence-electron chi connectivity index (χ1n) is 8.53. The zero-order chi connectivity index (χ0) is 17.6. The average Bonchev–Trinajstić information content (AvgIpc) is 3.08. The third-order valence-corrected chi connectivity index (χ3v) is 6.33. The Balaban J connectivity index is 1.95. The van der Waals surface area contributed by atoms with Crippen LogP contribution in [0, 0.1) is 26.7 Å². The third-order valence-electron chi connectivity index (χ3n) is 5.16. The number of hydrogen-bond acceptors (Lipinski definition) is 5. The molecule has 0 aromatic carbocycles. The minimum Gasteiger partial charge on any atom is -0.336 e. The molecule has 1 amide bonds. The lowest BCUT2D eigenvalue weighted by Crippen LogP contribution is -2.36. The van der Waals surface area contributed by atoms with Gasteiger partial charge in [-0.05, 0) is 46.3 Å². The van der Waals surface area contributed by atoms with Crippen LogP contribution in [0.5, 0.6) is 0 Å². The van der Waals surface area contributed by atoms with E-state index < -0.39 is 0 Å². The number of aryl methyl sites for hydroxylation is 3. The standard InChI is InChI=1S/C18H26N4OS/c1-7-13-8-22(9-14(13)21(5)6)18(23)16-10(2)15-11(3)19-12(4)20-17(15)24-16/h13-14H,7-9H2,1-6H3. The van der Waals surface area contributed by atoms with Crippen molar-refractivity contribution >= 4 is 27.5 Å². The van der Waals surface area contributed by atoms with Gasteiger partial charge in [0, 0.05) is 30.2 Å². The number of carbonyl (C=O) groups is 1. The topological polar surface area (TPSA) is 49.3 Å². The Bertz CT molecular complexity index is 783. The van der Waals surface area contributed by atoms with Crippen LogP contribution in [0.3, 0.4) is 0 Å². The van der Waals surface area contributed by atoms with Gasteiger partial charge in [-0.25, -0.2) is 9.97 Å². The molecule has 2 aromatic heterocycles. The second-order valence-electron chi connectivity index (χ2n) is 7.00. The maximum absolute atomic E-state index is 13.1. The van der Waals surface area contributed by atoms with Gasteiger partial charge in [-0.2, -0.15) is 0 Å². The summed E-state index contributed by atoms with van der Waals surface area (Å²) in [7, 11) is 4.21. The Morgan fingerprint density at radius 2 is 1.96 bits per heavy atom. The fourth-order valence-corrected chi connectivity index (χ4v) is 5.07. The van der Waals surface area contributed by atoms with Crippen LogP contribution in [0.25, 0.3) is 10.2 Å². The largest absolute Gasteiger partial charge is 0.336 e. The molecule has 1 aliphatic rings. The minimum absolute atomic E-state index is 0.148. The van der Waals surface area contributed by atoms with Gasteiger partial charge in [0.2, 0.25) is 0 Å². The molecule has 5 nitrogen and oxygen atoms in total. The molecule has 0 radical (unpaired) electrons. The first kappa shape index (κ1) is 17.3. The van der Waals surface area contributed by atoms with Gasteiger partial charge in [0.05, 0.1) is 4.88 Å². The summed E-state index contributed by atoms with van der Waals surface area (Å²) >= 11 is 1.51. The van der Waals surface area contributed by atoms with Crippen molar-refractivity contribution in [1.82, 2.24) is 19.8 Å². The monoisotopic (exact) mass is 346 g/mol. The number of likely N-dealkylation sites (tertiary alicyclic amines) is 1. The summed E-state index contributed by atoms with van der Waals surface area (Å²) in [6.45, 7) is 9.78. The number of aromatic nitrogens is 2. The van der Waals surface area contributed by atoms with Crippen LogP contribution in [0.4, 0.5) is 0 Å². The smallest absolute Gasteiger partial charge is 0.264 e. The summed E-state index contributed by atoms with van der Waals surface area (Å²) in [5, 5.41) is 1.05. The lowest BCUT2D eigenvalue weighted by Gasteiger charge is -2.23. The van der Waals surface area contributed by atoms with Crippen LogP contribution in [0.15, 0.2) is 0 Å². The van der Waals surface area contributed by atoms with E-state index in [-0.39, 0.29) is 5.91 Å². The lowest BCUT2D eigenvalue weighted by molar-refractivity contribution is 0.0785. The number of thiophene rings is 1. The molecule has 6 heteroatoms. The molecule has 130 valence electrons. The molecule has 1 fully saturated rings. The molecule has 24 heavy (non-hydrogen) atoms. The molecule has 2 aromatic rings. The first-order chi connectivity index (χ1) is 11.3. The molecule has 0 N–H and O–H groups in total. The van der Waals surface area contributed by atoms with Gasteiger partial charge in [0.25, 0.3) is 5.91 Å². The van der Waals surface area contributed by atoms with E-state index in [1.165, 1.54) is 11.3 Å². The predicted molar refractivity (Wildman–Crippen MR) is 98.8 cm³/mol. The van der Waals surface area contributed by atoms with E-state index in [4.69, 9.17) is 0 Å². The van der Waals surface area contributed by atoms with E-state index in [0.29, 0.717) is 12.0 Å². The Morgan fingerprint density at radius 3 is 2.54 bits per heavy atom. The molecule has 3 rings (SSSR count). The SMILES string of the molecule is CCC1CN(C(=O)c2sc3nc(C)nc(C)c3c2C)CC1N(C)C. The van der Waals surface area contributed by atoms with E-state index in [1.807, 2.05) is 25.7 Å². The quantitative estimate of drug-likeness (QED) is 0.857. The highest BCUT2D eigenvalue weighted by Crippen LogP contribution is 2.33. The average molecular weight is 347 g/mol. The van der Waals surface area contributed by atoms with E-state index >= 15 is 0 Å². The molecule has 1 aliphatic heterocycles. The van der Waals surface area contributed by atoms with Crippen LogP contribution >= 0.6 is 11.3 Å². The summed E-state index contributed by atoms with van der Waals surface area (Å²) in [6, 6.07) is 0.442. The summed E-state index contributed by atoms with van der Waals surface area (Å²) in [5.74, 6) is 1.46. The maximum Gasteiger partial charge on any atom is 0.264 e. The third kappa shape index (κ3) is 2.82. The molecule has 1 saturated heterocycles. The van der Waals surface area contributed by atoms with Crippen molar-refractivity contribution in [3.05, 3.63) is 22.0 Å². The van der Waals surface area contributed by atoms with Crippen molar-refractivity contribution in [2.75, 3.05) is 27.2 Å². The van der Waals surface area contributed by atoms with E-state index in [1.54, 1.807) is 0 Å². The highest BCUT2D eigenvalue weighted by atomic mass is 32.1. The molecule has 2 unspecified atom stereocenters. The van der Waals surface area contributed by atoms with E-state index in [9.17, 15) is 4.79 Å². The number of carbonyl (C=O) groups excluding carboxylic acids is 1. The van der Waals surface area contributed by atoms with Crippen LogP contribution in [-0.2, 0) is 0 Å². The van der Waals surface area contributed by atoms with Gasteiger partial charge in [-0.3, -0.25) is 4.79 Å². The summed E-state index contributed by atoms with van der Waals surface area (Å²) in [4.78, 5) is 28.1. The van der Waals surface area contributed by atoms with Gasteiger partial charge in [0.15, 0.2) is 0 Å². The predicted octanol–water partition coefficient (Wildman–Crippen LogP) is 3.03. The van der Waals surface area contributed by atoms with Crippen molar-refractivity contribution in [3.8, 4) is 0 Å². The van der Waals surface area contributed by atoms with Gasteiger partial charge in [-0.15, -0.1) is 11.3 Å². The normalized spacial score (nSPS) is 21.2. The molecule has 2 atom stereocenters. The van der Waals surface area contributed by atoms with Crippen LogP contribution in [-0.4, -0.2) is 58.9 Å². The summed E-state index contributed by atoms with van der Waals surface area (Å²) < 4.78 is 0. The van der Waals surface area contributed by atoms with Gasteiger partial charge < -0.3 is 9.80 Å². The summed E-state index contributed by atoms with van der Waals surface area (Å²) in [6.07, 6.45) is 1.10. The second-order valence-corrected chi connectivity index (χ2v) is 8.00. The highest BCUT2D eigenvalue weighted by Gasteiger charge is 2.36. The number of hydrogen-bond donors (Lipinski definition) is 0. The lowest BCUT2D eigenvalue weighted by atomic mass is 10.0. The minimum atomic E-state index is 0.148. The Kier molecular flexibility index (Phi) is 4.62. The van der Waals surface area contributed by atoms with E-state index in [0.717, 1.165) is 51.7 Å². The van der Waals surface area contributed by atoms with E-state index in [2.05, 4.69) is 35.9 Å². The number of nitrogens with zero attached hydrogens (tertiary/aromatic N) is 4. The Morgan fingerprint density at radius 1 is 1.25 bits per heavy atom. The highest BCUT2D eigenvalue weighted by molar-refractivity contribution is 7.20. The zero-order valence-electron chi connectivity index (χ0n) is 15.4. The maximum atomic E-state index is 13.1. The van der Waals surface area contributed by atoms with Crippen molar-refractivity contribution in [2.24, 2.45) is 5.92 Å². The molecule has 0 bridgehead atoms. The molecule has 0 spiro atoms. The summed E-state index contributed by atoms with van der Waals surface area (Å²) in [5.41, 5.74) is 1.99. The number of rotatable bonds is 3. The second kappa shape index (κ2) is 6.41. The molecule has 0 aliphatic carbocycles. The Labute approximate surface area is 147 Å². The number of fused-ring (bicyclic) bond motifs is 1.